The fourth-order valence-corrected chi connectivity index (χ4v) is 4.13. The molecule has 2 saturated heterocycles. The highest BCUT2D eigenvalue weighted by atomic mass is 32.2. The Morgan fingerprint density at radius 2 is 2.09 bits per heavy atom. The number of carbonyl (C=O) groups excluding carboxylic acids is 2. The van der Waals surface area contributed by atoms with Crippen LogP contribution in [-0.4, -0.2) is 61.1 Å². The first-order valence-electron chi connectivity index (χ1n) is 10.0. The molecule has 11 heteroatoms. The number of thioether (sulfide) groups is 1. The SMILES string of the molecule is COC(=O)/C=C1/S/C(=N\N=Cc2cccc(CCN3CCC(C(F)(F)F)CC3)c2)NC1=O. The molecule has 0 aromatic heterocycles. The van der Waals surface area contributed by atoms with Crippen LogP contribution in [0, 0.1) is 5.92 Å². The summed E-state index contributed by atoms with van der Waals surface area (Å²) >= 11 is 0.986. The average molecular weight is 469 g/mol. The number of ether oxygens (including phenoxy) is 1. The van der Waals surface area contributed by atoms with Crippen molar-refractivity contribution in [1.82, 2.24) is 10.2 Å². The second-order valence-corrected chi connectivity index (χ2v) is 8.42. The molecule has 2 aliphatic rings. The predicted octanol–water partition coefficient (Wildman–Crippen LogP) is 3.11. The summed E-state index contributed by atoms with van der Waals surface area (Å²) in [6.45, 7) is 1.61. The maximum Gasteiger partial charge on any atom is 0.391 e. The second-order valence-electron chi connectivity index (χ2n) is 7.39. The number of nitrogens with one attached hydrogen (secondary N) is 1. The van der Waals surface area contributed by atoms with E-state index in [0.717, 1.165) is 35.4 Å². The molecule has 1 aromatic carbocycles. The summed E-state index contributed by atoms with van der Waals surface area (Å²) in [5.74, 6) is -2.26. The summed E-state index contributed by atoms with van der Waals surface area (Å²) < 4.78 is 42.8. The van der Waals surface area contributed by atoms with Gasteiger partial charge in [0.1, 0.15) is 0 Å². The van der Waals surface area contributed by atoms with Gasteiger partial charge in [-0.2, -0.15) is 18.3 Å². The monoisotopic (exact) mass is 468 g/mol. The molecule has 3 rings (SSSR count). The highest BCUT2D eigenvalue weighted by Gasteiger charge is 2.40. The van der Waals surface area contributed by atoms with Gasteiger partial charge in [-0.1, -0.05) is 24.3 Å². The van der Waals surface area contributed by atoms with Crippen molar-refractivity contribution in [3.8, 4) is 0 Å². The van der Waals surface area contributed by atoms with Gasteiger partial charge in [-0.05, 0) is 55.2 Å². The Kier molecular flexibility index (Phi) is 8.08. The standard InChI is InChI=1S/C21H23F3N4O3S/c1-31-18(29)12-17-19(30)26-20(32-17)27-25-13-15-4-2-3-14(11-15)5-8-28-9-6-16(7-10-28)21(22,23)24/h2-4,11-13,16H,5-10H2,1H3,(H,26,27,30)/b17-12+,25-13?. The van der Waals surface area contributed by atoms with Crippen LogP contribution < -0.4 is 5.32 Å². The average Bonchev–Trinajstić information content (AvgIpc) is 3.11. The lowest BCUT2D eigenvalue weighted by Crippen LogP contribution is -2.39. The van der Waals surface area contributed by atoms with Gasteiger partial charge in [0.2, 0.25) is 0 Å². The predicted molar refractivity (Wildman–Crippen MR) is 116 cm³/mol. The molecule has 2 aliphatic heterocycles. The van der Waals surface area contributed by atoms with Crippen molar-refractivity contribution >= 4 is 35.0 Å². The van der Waals surface area contributed by atoms with Gasteiger partial charge in [0.25, 0.3) is 5.91 Å². The number of hydrogen-bond donors (Lipinski definition) is 1. The molecule has 0 radical (unpaired) electrons. The van der Waals surface area contributed by atoms with E-state index in [-0.39, 0.29) is 22.9 Å². The number of halogens is 3. The summed E-state index contributed by atoms with van der Waals surface area (Å²) in [6, 6.07) is 7.63. The van der Waals surface area contributed by atoms with Gasteiger partial charge in [0.05, 0.1) is 24.1 Å². The van der Waals surface area contributed by atoms with Crippen LogP contribution in [0.15, 0.2) is 45.4 Å². The molecule has 0 unspecified atom stereocenters. The highest BCUT2D eigenvalue weighted by molar-refractivity contribution is 8.18. The lowest BCUT2D eigenvalue weighted by Gasteiger charge is -2.32. The maximum absolute atomic E-state index is 12.8. The molecule has 2 heterocycles. The number of amidine groups is 1. The number of rotatable bonds is 6. The summed E-state index contributed by atoms with van der Waals surface area (Å²) in [4.78, 5) is 25.3. The zero-order valence-electron chi connectivity index (χ0n) is 17.4. The Morgan fingerprint density at radius 1 is 1.34 bits per heavy atom. The number of nitrogens with zero attached hydrogens (tertiary/aromatic N) is 3. The van der Waals surface area contributed by atoms with E-state index in [1.165, 1.54) is 7.11 Å². The van der Waals surface area contributed by atoms with Crippen LogP contribution in [0.3, 0.4) is 0 Å². The van der Waals surface area contributed by atoms with E-state index in [4.69, 9.17) is 0 Å². The minimum atomic E-state index is -4.10. The Hall–Kier alpha value is -2.66. The Morgan fingerprint density at radius 3 is 2.78 bits per heavy atom. The molecule has 0 spiro atoms. The van der Waals surface area contributed by atoms with Crippen molar-refractivity contribution in [2.45, 2.75) is 25.4 Å². The fourth-order valence-electron chi connectivity index (χ4n) is 3.39. The summed E-state index contributed by atoms with van der Waals surface area (Å²) in [6.07, 6.45) is -0.437. The minimum absolute atomic E-state index is 0.154. The second kappa shape index (κ2) is 10.8. The van der Waals surface area contributed by atoms with Gasteiger partial charge in [0.15, 0.2) is 5.17 Å². The number of likely N-dealkylation sites (tertiary alicyclic amines) is 1. The van der Waals surface area contributed by atoms with Crippen molar-refractivity contribution in [3.63, 3.8) is 0 Å². The van der Waals surface area contributed by atoms with Crippen molar-refractivity contribution < 1.29 is 27.5 Å². The van der Waals surface area contributed by atoms with Crippen molar-refractivity contribution in [1.29, 1.82) is 0 Å². The van der Waals surface area contributed by atoms with E-state index in [1.807, 2.05) is 24.3 Å². The fraction of sp³-hybridized carbons (Fsp3) is 0.429. The van der Waals surface area contributed by atoms with Gasteiger partial charge in [-0.25, -0.2) is 4.79 Å². The summed E-state index contributed by atoms with van der Waals surface area (Å²) in [5, 5.41) is 10.7. The molecule has 2 fully saturated rings. The molecule has 0 bridgehead atoms. The highest BCUT2D eigenvalue weighted by Crippen LogP contribution is 2.34. The van der Waals surface area contributed by atoms with Crippen LogP contribution in [-0.2, 0) is 20.7 Å². The van der Waals surface area contributed by atoms with Gasteiger partial charge in [-0.15, -0.1) is 5.10 Å². The number of piperidine rings is 1. The third-order valence-corrected chi connectivity index (χ3v) is 6.07. The number of carbonyl (C=O) groups is 2. The van der Waals surface area contributed by atoms with Crippen LogP contribution in [0.1, 0.15) is 24.0 Å². The Labute approximate surface area is 187 Å². The molecular weight excluding hydrogens is 445 g/mol. The van der Waals surface area contributed by atoms with Gasteiger partial charge < -0.3 is 9.64 Å². The van der Waals surface area contributed by atoms with E-state index in [9.17, 15) is 22.8 Å². The largest absolute Gasteiger partial charge is 0.466 e. The molecule has 0 saturated carbocycles. The van der Waals surface area contributed by atoms with Gasteiger partial charge >= 0.3 is 12.1 Å². The van der Waals surface area contributed by atoms with E-state index in [0.29, 0.717) is 19.6 Å². The lowest BCUT2D eigenvalue weighted by atomic mass is 9.96. The first kappa shape index (κ1) is 24.0. The maximum atomic E-state index is 12.8. The topological polar surface area (TPSA) is 83.4 Å². The van der Waals surface area contributed by atoms with Crippen LogP contribution in [0.4, 0.5) is 13.2 Å². The molecule has 0 aliphatic carbocycles. The number of amides is 1. The van der Waals surface area contributed by atoms with Crippen molar-refractivity contribution in [2.75, 3.05) is 26.7 Å². The zero-order valence-corrected chi connectivity index (χ0v) is 18.2. The van der Waals surface area contributed by atoms with Crippen LogP contribution in [0.5, 0.6) is 0 Å². The normalized spacial score (nSPS) is 20.9. The minimum Gasteiger partial charge on any atom is -0.466 e. The first-order valence-corrected chi connectivity index (χ1v) is 10.8. The van der Waals surface area contributed by atoms with E-state index < -0.39 is 24.0 Å². The van der Waals surface area contributed by atoms with E-state index >= 15 is 0 Å². The van der Waals surface area contributed by atoms with Gasteiger partial charge in [-0.3, -0.25) is 10.1 Å². The quantitative estimate of drug-likeness (QED) is 0.300. The third kappa shape index (κ3) is 6.92. The molecule has 1 amide bonds. The molecule has 172 valence electrons. The lowest BCUT2D eigenvalue weighted by molar-refractivity contribution is -0.185. The number of methoxy groups -OCH3 is 1. The van der Waals surface area contributed by atoms with Crippen LogP contribution >= 0.6 is 11.8 Å². The number of alkyl halides is 3. The summed E-state index contributed by atoms with van der Waals surface area (Å²) in [7, 11) is 1.22. The Balaban J connectivity index is 1.51. The molecule has 32 heavy (non-hydrogen) atoms. The number of esters is 1. The Bertz CT molecular complexity index is 938. The van der Waals surface area contributed by atoms with Gasteiger partial charge in [0, 0.05) is 12.6 Å². The van der Waals surface area contributed by atoms with E-state index in [1.54, 1.807) is 6.21 Å². The number of benzene rings is 1. The number of hydrogen-bond acceptors (Lipinski definition) is 7. The van der Waals surface area contributed by atoms with E-state index in [2.05, 4.69) is 25.2 Å². The molecule has 1 N–H and O–H groups in total. The van der Waals surface area contributed by atoms with Crippen LogP contribution in [0.25, 0.3) is 0 Å². The zero-order chi connectivity index (χ0) is 23.1. The van der Waals surface area contributed by atoms with Crippen molar-refractivity contribution in [2.24, 2.45) is 16.1 Å². The first-order chi connectivity index (χ1) is 15.2. The molecule has 7 nitrogen and oxygen atoms in total. The molecule has 1 aromatic rings. The smallest absolute Gasteiger partial charge is 0.391 e. The van der Waals surface area contributed by atoms with Crippen molar-refractivity contribution in [3.05, 3.63) is 46.4 Å². The third-order valence-electron chi connectivity index (χ3n) is 5.17. The molecule has 0 atom stereocenters. The van der Waals surface area contributed by atoms with Crippen LogP contribution in [0.2, 0.25) is 0 Å². The summed E-state index contributed by atoms with van der Waals surface area (Å²) in [5.41, 5.74) is 1.86. The molecular formula is C21H23F3N4O3S.